The number of hydrogen-bond acceptors (Lipinski definition) is 5. The molecular formula is C12H14N4OS. The topological polar surface area (TPSA) is 80.0 Å². The Morgan fingerprint density at radius 2 is 2.33 bits per heavy atom. The van der Waals surface area contributed by atoms with Gasteiger partial charge in [0.2, 0.25) is 0 Å². The van der Waals surface area contributed by atoms with Crippen molar-refractivity contribution in [3.8, 4) is 0 Å². The van der Waals surface area contributed by atoms with Crippen molar-refractivity contribution in [1.29, 1.82) is 0 Å². The van der Waals surface area contributed by atoms with E-state index in [0.29, 0.717) is 17.8 Å². The second kappa shape index (κ2) is 5.50. The predicted octanol–water partition coefficient (Wildman–Crippen LogP) is 1.70. The molecule has 0 radical (unpaired) electrons. The van der Waals surface area contributed by atoms with E-state index >= 15 is 0 Å². The monoisotopic (exact) mass is 262 g/mol. The summed E-state index contributed by atoms with van der Waals surface area (Å²) in [6.07, 6.45) is 1.76. The number of nitrogen functional groups attached to an aromatic ring is 1. The lowest BCUT2D eigenvalue weighted by molar-refractivity contribution is 0.0963. The zero-order valence-corrected chi connectivity index (χ0v) is 10.8. The van der Waals surface area contributed by atoms with Crippen LogP contribution >= 0.6 is 11.3 Å². The van der Waals surface area contributed by atoms with Crippen LogP contribution < -0.4 is 16.4 Å². The minimum absolute atomic E-state index is 0.145. The quantitative estimate of drug-likeness (QED) is 0.733. The number of carbonyl (C=O) groups is 1. The van der Waals surface area contributed by atoms with E-state index in [9.17, 15) is 4.79 Å². The van der Waals surface area contributed by atoms with Gasteiger partial charge in [-0.05, 0) is 18.2 Å². The summed E-state index contributed by atoms with van der Waals surface area (Å²) in [5, 5.41) is 8.67. The van der Waals surface area contributed by atoms with Crippen molar-refractivity contribution in [2.24, 2.45) is 0 Å². The van der Waals surface area contributed by atoms with Gasteiger partial charge in [0.05, 0.1) is 17.9 Å². The largest absolute Gasteiger partial charge is 0.397 e. The van der Waals surface area contributed by atoms with Gasteiger partial charge in [-0.1, -0.05) is 0 Å². The lowest BCUT2D eigenvalue weighted by Crippen LogP contribution is -2.18. The van der Waals surface area contributed by atoms with Gasteiger partial charge in [0, 0.05) is 24.2 Å². The molecule has 0 aliphatic rings. The standard InChI is InChI=1S/C12H14N4OS/c1-14-12(17)8-2-3-10(9(13)6-8)16-7-11-15-4-5-18-11/h2-6,16H,7,13H2,1H3,(H,14,17). The number of nitrogens with zero attached hydrogens (tertiary/aromatic N) is 1. The molecule has 2 rings (SSSR count). The molecule has 1 amide bonds. The van der Waals surface area contributed by atoms with Crippen LogP contribution in [0.25, 0.3) is 0 Å². The second-order valence-electron chi connectivity index (χ2n) is 3.66. The van der Waals surface area contributed by atoms with Crippen molar-refractivity contribution in [2.45, 2.75) is 6.54 Å². The molecule has 2 aromatic rings. The molecule has 18 heavy (non-hydrogen) atoms. The van der Waals surface area contributed by atoms with Gasteiger partial charge in [0.15, 0.2) is 0 Å². The first-order chi connectivity index (χ1) is 8.70. The summed E-state index contributed by atoms with van der Waals surface area (Å²) in [7, 11) is 1.59. The maximum Gasteiger partial charge on any atom is 0.251 e. The lowest BCUT2D eigenvalue weighted by atomic mass is 10.1. The Labute approximate surface area is 109 Å². The van der Waals surface area contributed by atoms with Crippen LogP contribution in [0.3, 0.4) is 0 Å². The fraction of sp³-hybridized carbons (Fsp3) is 0.167. The molecule has 0 spiro atoms. The van der Waals surface area contributed by atoms with E-state index in [1.54, 1.807) is 42.8 Å². The molecule has 0 atom stereocenters. The molecule has 0 saturated carbocycles. The third-order valence-corrected chi connectivity index (χ3v) is 3.23. The van der Waals surface area contributed by atoms with Crippen molar-refractivity contribution in [3.63, 3.8) is 0 Å². The normalized spacial score (nSPS) is 10.1. The molecule has 5 nitrogen and oxygen atoms in total. The number of nitrogens with two attached hydrogens (primary N) is 1. The summed E-state index contributed by atoms with van der Waals surface area (Å²) in [6.45, 7) is 0.626. The molecule has 1 aromatic carbocycles. The lowest BCUT2D eigenvalue weighted by Gasteiger charge is -2.09. The minimum Gasteiger partial charge on any atom is -0.397 e. The van der Waals surface area contributed by atoms with E-state index in [4.69, 9.17) is 5.73 Å². The highest BCUT2D eigenvalue weighted by Gasteiger charge is 2.06. The van der Waals surface area contributed by atoms with Gasteiger partial charge in [0.25, 0.3) is 5.91 Å². The number of rotatable bonds is 4. The van der Waals surface area contributed by atoms with E-state index in [-0.39, 0.29) is 5.91 Å². The molecule has 0 bridgehead atoms. The second-order valence-corrected chi connectivity index (χ2v) is 4.64. The minimum atomic E-state index is -0.145. The molecule has 1 heterocycles. The average molecular weight is 262 g/mol. The van der Waals surface area contributed by atoms with Gasteiger partial charge in [-0.25, -0.2) is 4.98 Å². The number of hydrogen-bond donors (Lipinski definition) is 3. The van der Waals surface area contributed by atoms with Gasteiger partial charge < -0.3 is 16.4 Å². The molecule has 94 valence electrons. The number of aromatic nitrogens is 1. The van der Waals surface area contributed by atoms with Crippen LogP contribution in [0.5, 0.6) is 0 Å². The van der Waals surface area contributed by atoms with E-state index in [0.717, 1.165) is 10.7 Å². The first kappa shape index (κ1) is 12.4. The Morgan fingerprint density at radius 1 is 1.50 bits per heavy atom. The first-order valence-electron chi connectivity index (χ1n) is 5.44. The van der Waals surface area contributed by atoms with Crippen molar-refractivity contribution in [2.75, 3.05) is 18.1 Å². The maximum absolute atomic E-state index is 11.4. The molecule has 1 aromatic heterocycles. The molecule has 0 aliphatic heterocycles. The Morgan fingerprint density at radius 3 is 2.94 bits per heavy atom. The first-order valence-corrected chi connectivity index (χ1v) is 6.32. The van der Waals surface area contributed by atoms with Crippen LogP contribution in [0.2, 0.25) is 0 Å². The number of benzene rings is 1. The van der Waals surface area contributed by atoms with Crippen LogP contribution in [0.4, 0.5) is 11.4 Å². The van der Waals surface area contributed by atoms with Gasteiger partial charge in [-0.15, -0.1) is 11.3 Å². The fourth-order valence-corrected chi connectivity index (χ4v) is 2.08. The Bertz CT molecular complexity index is 539. The van der Waals surface area contributed by atoms with Crippen molar-refractivity contribution >= 4 is 28.6 Å². The third kappa shape index (κ3) is 2.78. The summed E-state index contributed by atoms with van der Waals surface area (Å²) in [5.74, 6) is -0.145. The van der Waals surface area contributed by atoms with Crippen molar-refractivity contribution < 1.29 is 4.79 Å². The average Bonchev–Trinajstić information content (AvgIpc) is 2.89. The molecule has 0 aliphatic carbocycles. The Hall–Kier alpha value is -2.08. The van der Waals surface area contributed by atoms with Crippen LogP contribution in [0.1, 0.15) is 15.4 Å². The number of carbonyl (C=O) groups excluding carboxylic acids is 1. The van der Waals surface area contributed by atoms with Gasteiger partial charge in [-0.3, -0.25) is 4.79 Å². The number of anilines is 2. The SMILES string of the molecule is CNC(=O)c1ccc(NCc2nccs2)c(N)c1. The van der Waals surface area contributed by atoms with Crippen molar-refractivity contribution in [3.05, 3.63) is 40.3 Å². The molecule has 0 saturated heterocycles. The van der Waals surface area contributed by atoms with Crippen LogP contribution in [0, 0.1) is 0 Å². The summed E-state index contributed by atoms with van der Waals surface area (Å²) in [6, 6.07) is 5.19. The van der Waals surface area contributed by atoms with Crippen LogP contribution in [-0.4, -0.2) is 17.9 Å². The fourth-order valence-electron chi connectivity index (χ4n) is 1.52. The maximum atomic E-state index is 11.4. The zero-order valence-electron chi connectivity index (χ0n) is 9.93. The number of nitrogens with one attached hydrogen (secondary N) is 2. The third-order valence-electron chi connectivity index (χ3n) is 2.45. The molecule has 6 heteroatoms. The highest BCUT2D eigenvalue weighted by atomic mass is 32.1. The Kier molecular flexibility index (Phi) is 3.78. The van der Waals surface area contributed by atoms with Gasteiger partial charge in [0.1, 0.15) is 5.01 Å². The zero-order chi connectivity index (χ0) is 13.0. The summed E-state index contributed by atoms with van der Waals surface area (Å²) in [4.78, 5) is 15.6. The van der Waals surface area contributed by atoms with E-state index < -0.39 is 0 Å². The van der Waals surface area contributed by atoms with Crippen LogP contribution in [-0.2, 0) is 6.54 Å². The van der Waals surface area contributed by atoms with Crippen molar-refractivity contribution in [1.82, 2.24) is 10.3 Å². The van der Waals surface area contributed by atoms with E-state index in [1.165, 1.54) is 0 Å². The predicted molar refractivity (Wildman–Crippen MR) is 73.7 cm³/mol. The van der Waals surface area contributed by atoms with Gasteiger partial charge >= 0.3 is 0 Å². The van der Waals surface area contributed by atoms with E-state index in [1.807, 2.05) is 5.38 Å². The summed E-state index contributed by atoms with van der Waals surface area (Å²) in [5.41, 5.74) is 7.80. The van der Waals surface area contributed by atoms with Gasteiger partial charge in [-0.2, -0.15) is 0 Å². The number of thiazole rings is 1. The number of amides is 1. The smallest absolute Gasteiger partial charge is 0.251 e. The summed E-state index contributed by atoms with van der Waals surface area (Å²) >= 11 is 1.58. The highest BCUT2D eigenvalue weighted by Crippen LogP contribution is 2.21. The Balaban J connectivity index is 2.08. The van der Waals surface area contributed by atoms with Crippen LogP contribution in [0.15, 0.2) is 29.8 Å². The highest BCUT2D eigenvalue weighted by molar-refractivity contribution is 7.09. The van der Waals surface area contributed by atoms with E-state index in [2.05, 4.69) is 15.6 Å². The summed E-state index contributed by atoms with van der Waals surface area (Å²) < 4.78 is 0. The molecule has 0 unspecified atom stereocenters. The molecule has 0 fully saturated rings. The molecule has 4 N–H and O–H groups in total. The molecular weight excluding hydrogens is 248 g/mol.